The molecule has 0 saturated carbocycles. The van der Waals surface area contributed by atoms with Gasteiger partial charge >= 0.3 is 5.97 Å². The fraction of sp³-hybridized carbons (Fsp3) is 0.375. The molecule has 0 amide bonds. The van der Waals surface area contributed by atoms with Crippen molar-refractivity contribution in [3.63, 3.8) is 0 Å². The summed E-state index contributed by atoms with van der Waals surface area (Å²) in [6, 6.07) is 7.66. The van der Waals surface area contributed by atoms with Gasteiger partial charge in [-0.3, -0.25) is 4.68 Å². The quantitative estimate of drug-likeness (QED) is 0.887. The third kappa shape index (κ3) is 3.84. The topological polar surface area (TPSA) is 64.3 Å². The number of hydrogen-bond donors (Lipinski definition) is 1. The van der Waals surface area contributed by atoms with Gasteiger partial charge in [-0.2, -0.15) is 5.10 Å². The Kier molecular flexibility index (Phi) is 4.62. The van der Waals surface area contributed by atoms with E-state index in [2.05, 4.69) is 5.10 Å². The summed E-state index contributed by atoms with van der Waals surface area (Å²) in [5.74, 6) is 0.241. The molecule has 0 saturated heterocycles. The summed E-state index contributed by atoms with van der Waals surface area (Å²) in [6.07, 6.45) is 2.27. The molecule has 0 bridgehead atoms. The van der Waals surface area contributed by atoms with Crippen LogP contribution in [0.15, 0.2) is 30.5 Å². The van der Waals surface area contributed by atoms with Gasteiger partial charge in [-0.15, -0.1) is 0 Å². The predicted octanol–water partition coefficient (Wildman–Crippen LogP) is 2.84. The number of carbonyl (C=O) groups is 1. The van der Waals surface area contributed by atoms with E-state index in [1.165, 1.54) is 0 Å². The van der Waals surface area contributed by atoms with Crippen molar-refractivity contribution >= 4 is 5.97 Å². The molecule has 0 aliphatic carbocycles. The van der Waals surface area contributed by atoms with Gasteiger partial charge in [-0.25, -0.2) is 4.79 Å². The SMILES string of the molecule is COc1ccc(Cn2cc(C(=O)O)c(CC(C)C)n2)cc1. The fourth-order valence-corrected chi connectivity index (χ4v) is 2.18. The largest absolute Gasteiger partial charge is 0.497 e. The third-order valence-electron chi connectivity index (χ3n) is 3.17. The molecule has 1 aromatic carbocycles. The summed E-state index contributed by atoms with van der Waals surface area (Å²) in [7, 11) is 1.62. The molecule has 0 radical (unpaired) electrons. The third-order valence-corrected chi connectivity index (χ3v) is 3.17. The molecule has 2 rings (SSSR count). The van der Waals surface area contributed by atoms with E-state index in [1.807, 2.05) is 38.1 Å². The smallest absolute Gasteiger partial charge is 0.339 e. The summed E-state index contributed by atoms with van der Waals surface area (Å²) in [6.45, 7) is 4.64. The van der Waals surface area contributed by atoms with Crippen LogP contribution in [0.25, 0.3) is 0 Å². The molecule has 0 fully saturated rings. The lowest BCUT2D eigenvalue weighted by molar-refractivity contribution is 0.0695. The van der Waals surface area contributed by atoms with Crippen molar-refractivity contribution in [2.75, 3.05) is 7.11 Å². The molecule has 0 unspecified atom stereocenters. The second kappa shape index (κ2) is 6.43. The standard InChI is InChI=1S/C16H20N2O3/c1-11(2)8-15-14(16(19)20)10-18(17-15)9-12-4-6-13(21-3)7-5-12/h4-7,10-11H,8-9H2,1-3H3,(H,19,20). The van der Waals surface area contributed by atoms with E-state index in [9.17, 15) is 9.90 Å². The lowest BCUT2D eigenvalue weighted by Gasteiger charge is -2.04. The van der Waals surface area contributed by atoms with Crippen LogP contribution in [0.3, 0.4) is 0 Å². The number of rotatable bonds is 6. The monoisotopic (exact) mass is 288 g/mol. The van der Waals surface area contributed by atoms with Gasteiger partial charge in [0, 0.05) is 6.20 Å². The highest BCUT2D eigenvalue weighted by molar-refractivity contribution is 5.88. The molecule has 0 spiro atoms. The molecule has 1 N–H and O–H groups in total. The van der Waals surface area contributed by atoms with Crippen molar-refractivity contribution in [3.05, 3.63) is 47.3 Å². The van der Waals surface area contributed by atoms with Gasteiger partial charge in [0.1, 0.15) is 11.3 Å². The first kappa shape index (κ1) is 15.1. The minimum absolute atomic E-state index is 0.289. The Bertz CT molecular complexity index is 615. The molecule has 0 aliphatic heterocycles. The predicted molar refractivity (Wildman–Crippen MR) is 79.8 cm³/mol. The Balaban J connectivity index is 2.21. The number of aromatic nitrogens is 2. The number of carboxylic acid groups (broad SMARTS) is 1. The van der Waals surface area contributed by atoms with Gasteiger partial charge in [0.05, 0.1) is 19.3 Å². The van der Waals surface area contributed by atoms with Gasteiger partial charge in [-0.05, 0) is 30.0 Å². The maximum atomic E-state index is 11.3. The maximum absolute atomic E-state index is 11.3. The van der Waals surface area contributed by atoms with Crippen molar-refractivity contribution in [1.29, 1.82) is 0 Å². The molecular weight excluding hydrogens is 268 g/mol. The molecule has 1 aromatic heterocycles. The molecule has 21 heavy (non-hydrogen) atoms. The van der Waals surface area contributed by atoms with E-state index < -0.39 is 5.97 Å². The molecule has 0 atom stereocenters. The Hall–Kier alpha value is -2.30. The Morgan fingerprint density at radius 1 is 1.33 bits per heavy atom. The zero-order chi connectivity index (χ0) is 15.4. The second-order valence-corrected chi connectivity index (χ2v) is 5.44. The van der Waals surface area contributed by atoms with Crippen LogP contribution in [0.5, 0.6) is 5.75 Å². The number of ether oxygens (including phenoxy) is 1. The normalized spacial score (nSPS) is 10.9. The molecule has 5 heteroatoms. The summed E-state index contributed by atoms with van der Waals surface area (Å²) in [5.41, 5.74) is 1.98. The van der Waals surface area contributed by atoms with Crippen LogP contribution in [0.2, 0.25) is 0 Å². The van der Waals surface area contributed by atoms with Crippen molar-refractivity contribution in [2.24, 2.45) is 5.92 Å². The zero-order valence-electron chi connectivity index (χ0n) is 12.5. The highest BCUT2D eigenvalue weighted by Gasteiger charge is 2.16. The molecule has 0 aliphatic rings. The van der Waals surface area contributed by atoms with Gasteiger partial charge in [-0.1, -0.05) is 26.0 Å². The fourth-order valence-electron chi connectivity index (χ4n) is 2.18. The molecule has 112 valence electrons. The van der Waals surface area contributed by atoms with E-state index in [4.69, 9.17) is 4.74 Å². The average Bonchev–Trinajstić information content (AvgIpc) is 2.81. The number of carboxylic acids is 1. The minimum Gasteiger partial charge on any atom is -0.497 e. The van der Waals surface area contributed by atoms with Crippen LogP contribution in [-0.2, 0) is 13.0 Å². The molecule has 5 nitrogen and oxygen atoms in total. The highest BCUT2D eigenvalue weighted by Crippen LogP contribution is 2.15. The van der Waals surface area contributed by atoms with Crippen LogP contribution in [0, 0.1) is 5.92 Å². The van der Waals surface area contributed by atoms with Crippen molar-refractivity contribution in [3.8, 4) is 5.75 Å². The Labute approximate surface area is 124 Å². The first-order chi connectivity index (χ1) is 9.99. The number of hydrogen-bond acceptors (Lipinski definition) is 3. The molecule has 1 heterocycles. The van der Waals surface area contributed by atoms with Crippen LogP contribution in [0.4, 0.5) is 0 Å². The van der Waals surface area contributed by atoms with E-state index >= 15 is 0 Å². The summed E-state index contributed by atoms with van der Waals surface area (Å²) in [4.78, 5) is 11.3. The summed E-state index contributed by atoms with van der Waals surface area (Å²) in [5, 5.41) is 13.7. The van der Waals surface area contributed by atoms with Gasteiger partial charge < -0.3 is 9.84 Å². The van der Waals surface area contributed by atoms with Gasteiger partial charge in [0.25, 0.3) is 0 Å². The number of benzene rings is 1. The van der Waals surface area contributed by atoms with Crippen LogP contribution >= 0.6 is 0 Å². The highest BCUT2D eigenvalue weighted by atomic mass is 16.5. The van der Waals surface area contributed by atoms with Gasteiger partial charge in [0.2, 0.25) is 0 Å². The number of nitrogens with zero attached hydrogens (tertiary/aromatic N) is 2. The molecule has 2 aromatic rings. The lowest BCUT2D eigenvalue weighted by Crippen LogP contribution is -2.04. The number of aromatic carboxylic acids is 1. The lowest BCUT2D eigenvalue weighted by atomic mass is 10.1. The van der Waals surface area contributed by atoms with E-state index in [-0.39, 0.29) is 5.56 Å². The zero-order valence-corrected chi connectivity index (χ0v) is 12.5. The van der Waals surface area contributed by atoms with Crippen molar-refractivity contribution in [2.45, 2.75) is 26.8 Å². The maximum Gasteiger partial charge on any atom is 0.339 e. The number of methoxy groups -OCH3 is 1. The molecular formula is C16H20N2O3. The van der Waals surface area contributed by atoms with E-state index in [0.29, 0.717) is 24.6 Å². The van der Waals surface area contributed by atoms with Crippen molar-refractivity contribution in [1.82, 2.24) is 9.78 Å². The first-order valence-corrected chi connectivity index (χ1v) is 6.92. The van der Waals surface area contributed by atoms with Gasteiger partial charge in [0.15, 0.2) is 0 Å². The van der Waals surface area contributed by atoms with Crippen LogP contribution in [0.1, 0.15) is 35.5 Å². The van der Waals surface area contributed by atoms with Crippen LogP contribution < -0.4 is 4.74 Å². The summed E-state index contributed by atoms with van der Waals surface area (Å²) >= 11 is 0. The second-order valence-electron chi connectivity index (χ2n) is 5.44. The van der Waals surface area contributed by atoms with E-state index in [1.54, 1.807) is 18.0 Å². The first-order valence-electron chi connectivity index (χ1n) is 6.92. The van der Waals surface area contributed by atoms with Crippen molar-refractivity contribution < 1.29 is 14.6 Å². The van der Waals surface area contributed by atoms with E-state index in [0.717, 1.165) is 11.3 Å². The Morgan fingerprint density at radius 3 is 2.52 bits per heavy atom. The van der Waals surface area contributed by atoms with Crippen LogP contribution in [-0.4, -0.2) is 28.0 Å². The Morgan fingerprint density at radius 2 is 2.00 bits per heavy atom. The average molecular weight is 288 g/mol. The summed E-state index contributed by atoms with van der Waals surface area (Å²) < 4.78 is 6.80. The minimum atomic E-state index is -0.924.